The van der Waals surface area contributed by atoms with Gasteiger partial charge in [0, 0.05) is 37.8 Å². The minimum absolute atomic E-state index is 0.224. The highest BCUT2D eigenvalue weighted by Crippen LogP contribution is 2.54. The molecule has 1 spiro atoms. The molecule has 3 rings (SSSR count). The summed E-state index contributed by atoms with van der Waals surface area (Å²) in [5, 5.41) is 0. The van der Waals surface area contributed by atoms with Crippen LogP contribution >= 0.6 is 0 Å². The lowest BCUT2D eigenvalue weighted by Crippen LogP contribution is -2.38. The van der Waals surface area contributed by atoms with E-state index in [0.717, 1.165) is 31.7 Å². The quantitative estimate of drug-likeness (QED) is 0.772. The second-order valence-electron chi connectivity index (χ2n) is 6.32. The van der Waals surface area contributed by atoms with Crippen LogP contribution in [0.1, 0.15) is 64.3 Å². The summed E-state index contributed by atoms with van der Waals surface area (Å²) in [7, 11) is 0. The van der Waals surface area contributed by atoms with E-state index in [1.807, 2.05) is 20.0 Å². The molecule has 3 heteroatoms. The van der Waals surface area contributed by atoms with E-state index in [2.05, 4.69) is 33.8 Å². The number of hydrogen-bond acceptors (Lipinski definition) is 3. The Hall–Kier alpha value is -0.930. The normalized spacial score (nSPS) is 26.4. The summed E-state index contributed by atoms with van der Waals surface area (Å²) in [4.78, 5) is 4.69. The van der Waals surface area contributed by atoms with Gasteiger partial charge < -0.3 is 9.47 Å². The van der Waals surface area contributed by atoms with Gasteiger partial charge in [0.05, 0.1) is 11.3 Å². The molecule has 1 saturated heterocycles. The van der Waals surface area contributed by atoms with Crippen LogP contribution in [0.5, 0.6) is 0 Å². The van der Waals surface area contributed by atoms with Crippen molar-refractivity contribution < 1.29 is 9.47 Å². The Kier molecular flexibility index (Phi) is 4.74. The zero-order chi connectivity index (χ0) is 15.7. The molecule has 118 valence electrons. The van der Waals surface area contributed by atoms with Crippen molar-refractivity contribution in [1.82, 2.24) is 4.98 Å². The highest BCUT2D eigenvalue weighted by atomic mass is 16.5. The molecule has 1 aromatic heterocycles. The summed E-state index contributed by atoms with van der Waals surface area (Å²) in [6.45, 7) is 14.4. The topological polar surface area (TPSA) is 31.4 Å². The molecule has 1 fully saturated rings. The van der Waals surface area contributed by atoms with Gasteiger partial charge in [0.2, 0.25) is 0 Å². The first-order valence-electron chi connectivity index (χ1n) is 8.24. The molecular weight excluding hydrogens is 262 g/mol. The summed E-state index contributed by atoms with van der Waals surface area (Å²) in [5.41, 5.74) is 3.31. The van der Waals surface area contributed by atoms with Crippen molar-refractivity contribution in [3.63, 3.8) is 0 Å². The fourth-order valence-electron chi connectivity index (χ4n) is 3.48. The largest absolute Gasteiger partial charge is 0.381 e. The van der Waals surface area contributed by atoms with Crippen LogP contribution in [0.4, 0.5) is 0 Å². The van der Waals surface area contributed by atoms with Gasteiger partial charge in [-0.2, -0.15) is 0 Å². The van der Waals surface area contributed by atoms with Crippen molar-refractivity contribution in [2.75, 3.05) is 13.2 Å². The van der Waals surface area contributed by atoms with Crippen molar-refractivity contribution in [3.8, 4) is 0 Å². The summed E-state index contributed by atoms with van der Waals surface area (Å²) in [5.74, 6) is 0.427. The molecule has 0 N–H and O–H groups in total. The van der Waals surface area contributed by atoms with Gasteiger partial charge in [0.1, 0.15) is 5.60 Å². The average molecular weight is 291 g/mol. The van der Waals surface area contributed by atoms with Gasteiger partial charge in [-0.15, -0.1) is 0 Å². The fourth-order valence-corrected chi connectivity index (χ4v) is 3.48. The molecule has 3 heterocycles. The van der Waals surface area contributed by atoms with E-state index < -0.39 is 0 Å². The van der Waals surface area contributed by atoms with Crippen LogP contribution in [0.3, 0.4) is 0 Å². The van der Waals surface area contributed by atoms with Crippen molar-refractivity contribution in [2.45, 2.75) is 65.6 Å². The van der Waals surface area contributed by atoms with Crippen LogP contribution in [0, 0.1) is 12.8 Å². The van der Waals surface area contributed by atoms with E-state index in [4.69, 9.17) is 14.5 Å². The Morgan fingerprint density at radius 3 is 2.38 bits per heavy atom. The van der Waals surface area contributed by atoms with E-state index in [1.54, 1.807) is 0 Å². The molecule has 2 aliphatic heterocycles. The highest BCUT2D eigenvalue weighted by molar-refractivity contribution is 5.42. The summed E-state index contributed by atoms with van der Waals surface area (Å²) in [6, 6.07) is 2.10. The number of ether oxygens (including phenoxy) is 2. The number of hydrogen-bond donors (Lipinski definition) is 0. The number of rotatable bonds is 1. The van der Waals surface area contributed by atoms with Crippen molar-refractivity contribution >= 4 is 0 Å². The molecule has 1 atom stereocenters. The molecule has 21 heavy (non-hydrogen) atoms. The Bertz CT molecular complexity index is 492. The Morgan fingerprint density at radius 2 is 1.81 bits per heavy atom. The molecule has 0 aromatic carbocycles. The van der Waals surface area contributed by atoms with Gasteiger partial charge in [0.25, 0.3) is 0 Å². The number of aryl methyl sites for hydroxylation is 1. The lowest BCUT2D eigenvalue weighted by molar-refractivity contribution is -0.189. The SMILES string of the molecule is CC.Cc1ccnc2c1C(C)(C(C)C)OC21CCOCC1. The van der Waals surface area contributed by atoms with E-state index in [9.17, 15) is 0 Å². The third-order valence-electron chi connectivity index (χ3n) is 4.90. The van der Waals surface area contributed by atoms with Gasteiger partial charge >= 0.3 is 0 Å². The maximum absolute atomic E-state index is 6.65. The number of aromatic nitrogens is 1. The van der Waals surface area contributed by atoms with Crippen LogP contribution in [-0.2, 0) is 20.7 Å². The molecular formula is C18H29NO2. The van der Waals surface area contributed by atoms with Crippen LogP contribution in [-0.4, -0.2) is 18.2 Å². The van der Waals surface area contributed by atoms with Gasteiger partial charge in [-0.1, -0.05) is 27.7 Å². The maximum Gasteiger partial charge on any atom is 0.116 e. The van der Waals surface area contributed by atoms with Crippen LogP contribution in [0.25, 0.3) is 0 Å². The molecule has 0 radical (unpaired) electrons. The zero-order valence-corrected chi connectivity index (χ0v) is 14.3. The first kappa shape index (κ1) is 16.4. The summed E-state index contributed by atoms with van der Waals surface area (Å²) in [6.07, 6.45) is 3.75. The third kappa shape index (κ3) is 2.51. The van der Waals surface area contributed by atoms with E-state index in [0.29, 0.717) is 5.92 Å². The second kappa shape index (κ2) is 6.05. The maximum atomic E-state index is 6.65. The van der Waals surface area contributed by atoms with Crippen molar-refractivity contribution in [1.29, 1.82) is 0 Å². The van der Waals surface area contributed by atoms with Gasteiger partial charge in [-0.3, -0.25) is 4.98 Å². The summed E-state index contributed by atoms with van der Waals surface area (Å²) >= 11 is 0. The van der Waals surface area contributed by atoms with E-state index in [1.165, 1.54) is 11.1 Å². The molecule has 0 saturated carbocycles. The highest BCUT2D eigenvalue weighted by Gasteiger charge is 2.54. The predicted octanol–water partition coefficient (Wildman–Crippen LogP) is 4.32. The summed E-state index contributed by atoms with van der Waals surface area (Å²) < 4.78 is 12.2. The zero-order valence-electron chi connectivity index (χ0n) is 14.3. The standard InChI is InChI=1S/C16H23NO2.C2H6/c1-11(2)15(4)13-12(3)5-8-17-14(13)16(19-15)6-9-18-10-7-16;1-2/h5,8,11H,6-7,9-10H2,1-4H3;1-2H3. The second-order valence-corrected chi connectivity index (χ2v) is 6.32. The Morgan fingerprint density at radius 1 is 1.19 bits per heavy atom. The number of pyridine rings is 1. The van der Waals surface area contributed by atoms with E-state index >= 15 is 0 Å². The first-order valence-corrected chi connectivity index (χ1v) is 8.24. The molecule has 2 aliphatic rings. The minimum atomic E-state index is -0.231. The third-order valence-corrected chi connectivity index (χ3v) is 4.90. The van der Waals surface area contributed by atoms with Gasteiger partial charge in [-0.05, 0) is 31.4 Å². The predicted molar refractivity (Wildman–Crippen MR) is 85.3 cm³/mol. The molecule has 0 bridgehead atoms. The first-order chi connectivity index (χ1) is 10.00. The molecule has 1 aromatic rings. The van der Waals surface area contributed by atoms with Gasteiger partial charge in [-0.25, -0.2) is 0 Å². The van der Waals surface area contributed by atoms with Crippen molar-refractivity contribution in [3.05, 3.63) is 29.1 Å². The lowest BCUT2D eigenvalue weighted by atomic mass is 9.81. The minimum Gasteiger partial charge on any atom is -0.381 e. The lowest BCUT2D eigenvalue weighted by Gasteiger charge is -2.38. The Balaban J connectivity index is 0.000000774. The monoisotopic (exact) mass is 291 g/mol. The van der Waals surface area contributed by atoms with Crippen LogP contribution in [0.15, 0.2) is 12.3 Å². The molecule has 3 nitrogen and oxygen atoms in total. The average Bonchev–Trinajstić information content (AvgIpc) is 2.74. The molecule has 1 unspecified atom stereocenters. The van der Waals surface area contributed by atoms with Crippen molar-refractivity contribution in [2.24, 2.45) is 5.92 Å². The van der Waals surface area contributed by atoms with Gasteiger partial charge in [0.15, 0.2) is 0 Å². The molecule has 0 amide bonds. The fraction of sp³-hybridized carbons (Fsp3) is 0.722. The van der Waals surface area contributed by atoms with Crippen LogP contribution < -0.4 is 0 Å². The smallest absolute Gasteiger partial charge is 0.116 e. The van der Waals surface area contributed by atoms with E-state index in [-0.39, 0.29) is 11.2 Å². The number of nitrogens with zero attached hydrogens (tertiary/aromatic N) is 1. The Labute approximate surface area is 129 Å². The van der Waals surface area contributed by atoms with Crippen LogP contribution in [0.2, 0.25) is 0 Å². The molecule has 0 aliphatic carbocycles. The number of fused-ring (bicyclic) bond motifs is 2.